The highest BCUT2D eigenvalue weighted by molar-refractivity contribution is 6.35. The number of aryl methyl sites for hydroxylation is 2. The van der Waals surface area contributed by atoms with Gasteiger partial charge in [0.05, 0.1) is 5.02 Å². The fourth-order valence-corrected chi connectivity index (χ4v) is 1.54. The Morgan fingerprint density at radius 3 is 2.85 bits per heavy atom. The largest absolute Gasteiger partial charge is 0.439 e. The number of nitrogens with two attached hydrogens (primary N) is 1. The molecule has 0 spiro atoms. The van der Waals surface area contributed by atoms with Crippen molar-refractivity contribution in [1.82, 2.24) is 4.98 Å². The van der Waals surface area contributed by atoms with Gasteiger partial charge < -0.3 is 10.2 Å². The Morgan fingerprint density at radius 2 is 2.15 bits per heavy atom. The van der Waals surface area contributed by atoms with Crippen LogP contribution in [-0.2, 0) is 0 Å². The molecule has 0 fully saturated rings. The summed E-state index contributed by atoms with van der Waals surface area (Å²) in [5.41, 5.74) is 8.66. The molecule has 0 radical (unpaired) electrons. The summed E-state index contributed by atoms with van der Waals surface area (Å²) in [4.78, 5) is 4.20. The molecule has 0 aliphatic heterocycles. The number of rotatable bonds is 0. The van der Waals surface area contributed by atoms with Crippen LogP contribution in [0.5, 0.6) is 0 Å². The van der Waals surface area contributed by atoms with E-state index in [9.17, 15) is 0 Å². The summed E-state index contributed by atoms with van der Waals surface area (Å²) in [6.07, 6.45) is 0. The summed E-state index contributed by atoms with van der Waals surface area (Å²) < 4.78 is 5.34. The first-order valence-electron chi connectivity index (χ1n) is 3.91. The molecule has 0 unspecified atom stereocenters. The van der Waals surface area contributed by atoms with Crippen LogP contribution in [0.25, 0.3) is 11.1 Å². The number of oxazole rings is 1. The first-order valence-corrected chi connectivity index (χ1v) is 4.29. The lowest BCUT2D eigenvalue weighted by Gasteiger charge is -2.00. The van der Waals surface area contributed by atoms with E-state index < -0.39 is 0 Å². The lowest BCUT2D eigenvalue weighted by atomic mass is 10.2. The van der Waals surface area contributed by atoms with Gasteiger partial charge in [-0.1, -0.05) is 11.6 Å². The van der Waals surface area contributed by atoms with E-state index in [1.807, 2.05) is 6.92 Å². The Labute approximate surface area is 80.5 Å². The van der Waals surface area contributed by atoms with Gasteiger partial charge in [0.2, 0.25) is 0 Å². The van der Waals surface area contributed by atoms with Gasteiger partial charge in [0.25, 0.3) is 0 Å². The van der Waals surface area contributed by atoms with Crippen molar-refractivity contribution in [2.45, 2.75) is 13.8 Å². The minimum atomic E-state index is 0.513. The lowest BCUT2D eigenvalue weighted by molar-refractivity contribution is 0.561. The molecule has 2 N–H and O–H groups in total. The first-order chi connectivity index (χ1) is 6.09. The second kappa shape index (κ2) is 2.64. The fraction of sp³-hybridized carbons (Fsp3) is 0.222. The van der Waals surface area contributed by atoms with Crippen molar-refractivity contribution >= 4 is 28.4 Å². The van der Waals surface area contributed by atoms with E-state index in [-0.39, 0.29) is 0 Å². The van der Waals surface area contributed by atoms with E-state index in [1.54, 1.807) is 13.0 Å². The molecule has 0 bridgehead atoms. The molecule has 0 saturated heterocycles. The summed E-state index contributed by atoms with van der Waals surface area (Å²) >= 11 is 5.93. The molecule has 0 atom stereocenters. The number of halogens is 1. The average Bonchev–Trinajstić information content (AvgIpc) is 2.44. The van der Waals surface area contributed by atoms with Gasteiger partial charge in [-0.15, -0.1) is 0 Å². The maximum Gasteiger partial charge on any atom is 0.192 e. The van der Waals surface area contributed by atoms with Crippen molar-refractivity contribution in [1.29, 1.82) is 0 Å². The second-order valence-corrected chi connectivity index (χ2v) is 3.39. The molecule has 2 aromatic rings. The number of aromatic nitrogens is 1. The van der Waals surface area contributed by atoms with E-state index in [0.717, 1.165) is 11.1 Å². The molecule has 2 rings (SSSR count). The summed E-state index contributed by atoms with van der Waals surface area (Å²) in [5, 5.41) is 0.513. The smallest absolute Gasteiger partial charge is 0.192 e. The number of hydrogen-bond acceptors (Lipinski definition) is 3. The van der Waals surface area contributed by atoms with Crippen LogP contribution in [-0.4, -0.2) is 4.98 Å². The van der Waals surface area contributed by atoms with Crippen LogP contribution in [0.15, 0.2) is 10.5 Å². The third-order valence-corrected chi connectivity index (χ3v) is 2.30. The minimum Gasteiger partial charge on any atom is -0.439 e. The third kappa shape index (κ3) is 1.16. The van der Waals surface area contributed by atoms with E-state index >= 15 is 0 Å². The molecule has 1 heterocycles. The number of hydrogen-bond donors (Lipinski definition) is 1. The summed E-state index contributed by atoms with van der Waals surface area (Å²) in [6.45, 7) is 3.68. The number of nitrogens with zero attached hydrogens (tertiary/aromatic N) is 1. The standard InChI is InChI=1S/C9H9ClN2O/c1-4-7(11)3-6(10)9-8(4)12-5(2)13-9/h3H,11H2,1-2H3. The van der Waals surface area contributed by atoms with Crippen molar-refractivity contribution in [3.8, 4) is 0 Å². The molecule has 1 aromatic heterocycles. The molecule has 3 nitrogen and oxygen atoms in total. The van der Waals surface area contributed by atoms with Crippen LogP contribution in [0.4, 0.5) is 5.69 Å². The van der Waals surface area contributed by atoms with Gasteiger partial charge in [0.1, 0.15) is 5.52 Å². The zero-order chi connectivity index (χ0) is 9.59. The van der Waals surface area contributed by atoms with Gasteiger partial charge in [-0.3, -0.25) is 0 Å². The molecular formula is C9H9ClN2O. The summed E-state index contributed by atoms with van der Waals surface area (Å²) in [5.74, 6) is 0.602. The van der Waals surface area contributed by atoms with E-state index in [2.05, 4.69) is 4.98 Å². The van der Waals surface area contributed by atoms with E-state index in [4.69, 9.17) is 21.8 Å². The molecule has 0 amide bonds. The maximum absolute atomic E-state index is 5.93. The number of nitrogen functional groups attached to an aromatic ring is 1. The Morgan fingerprint density at radius 1 is 1.46 bits per heavy atom. The molecular weight excluding hydrogens is 188 g/mol. The highest BCUT2D eigenvalue weighted by Gasteiger charge is 2.11. The third-order valence-electron chi connectivity index (χ3n) is 2.02. The molecule has 0 saturated carbocycles. The van der Waals surface area contributed by atoms with Crippen LogP contribution in [0.3, 0.4) is 0 Å². The molecule has 0 aliphatic rings. The van der Waals surface area contributed by atoms with Crippen molar-refractivity contribution < 1.29 is 4.42 Å². The van der Waals surface area contributed by atoms with Gasteiger partial charge in [-0.2, -0.15) is 0 Å². The maximum atomic E-state index is 5.93. The molecule has 4 heteroatoms. The van der Waals surface area contributed by atoms with E-state index in [0.29, 0.717) is 22.2 Å². The number of anilines is 1. The zero-order valence-corrected chi connectivity index (χ0v) is 8.14. The average molecular weight is 197 g/mol. The predicted molar refractivity (Wildman–Crippen MR) is 52.9 cm³/mol. The first kappa shape index (κ1) is 8.38. The van der Waals surface area contributed by atoms with Crippen LogP contribution < -0.4 is 5.73 Å². The van der Waals surface area contributed by atoms with Crippen molar-refractivity contribution in [2.75, 3.05) is 5.73 Å². The van der Waals surface area contributed by atoms with Gasteiger partial charge in [0.15, 0.2) is 11.5 Å². The van der Waals surface area contributed by atoms with Gasteiger partial charge in [0, 0.05) is 18.2 Å². The quantitative estimate of drug-likeness (QED) is 0.659. The van der Waals surface area contributed by atoms with Gasteiger partial charge in [-0.25, -0.2) is 4.98 Å². The zero-order valence-electron chi connectivity index (χ0n) is 7.39. The Balaban J connectivity index is 2.95. The summed E-state index contributed by atoms with van der Waals surface area (Å²) in [6, 6.07) is 1.68. The molecule has 68 valence electrons. The van der Waals surface area contributed by atoms with Crippen LogP contribution in [0.1, 0.15) is 11.5 Å². The fourth-order valence-electron chi connectivity index (χ4n) is 1.29. The van der Waals surface area contributed by atoms with Crippen LogP contribution in [0, 0.1) is 13.8 Å². The predicted octanol–water partition coefficient (Wildman–Crippen LogP) is 2.68. The molecule has 13 heavy (non-hydrogen) atoms. The lowest BCUT2D eigenvalue weighted by Crippen LogP contribution is -1.90. The highest BCUT2D eigenvalue weighted by Crippen LogP contribution is 2.30. The normalized spacial score (nSPS) is 11.0. The Kier molecular flexibility index (Phi) is 1.70. The Bertz CT molecular complexity index is 476. The van der Waals surface area contributed by atoms with Gasteiger partial charge in [-0.05, 0) is 13.0 Å². The summed E-state index contributed by atoms with van der Waals surface area (Å²) in [7, 11) is 0. The van der Waals surface area contributed by atoms with Crippen molar-refractivity contribution in [3.05, 3.63) is 22.5 Å². The second-order valence-electron chi connectivity index (χ2n) is 2.98. The number of fused-ring (bicyclic) bond motifs is 1. The highest BCUT2D eigenvalue weighted by atomic mass is 35.5. The van der Waals surface area contributed by atoms with Gasteiger partial charge >= 0.3 is 0 Å². The monoisotopic (exact) mass is 196 g/mol. The minimum absolute atomic E-state index is 0.513. The topological polar surface area (TPSA) is 52.0 Å². The SMILES string of the molecule is Cc1nc2c(C)c(N)cc(Cl)c2o1. The van der Waals surface area contributed by atoms with Crippen LogP contribution in [0.2, 0.25) is 5.02 Å². The molecule has 1 aromatic carbocycles. The van der Waals surface area contributed by atoms with E-state index in [1.165, 1.54) is 0 Å². The molecule has 0 aliphatic carbocycles. The van der Waals surface area contributed by atoms with Crippen LogP contribution >= 0.6 is 11.6 Å². The van der Waals surface area contributed by atoms with Crippen molar-refractivity contribution in [3.63, 3.8) is 0 Å². The number of benzene rings is 1. The Hall–Kier alpha value is -1.22. The van der Waals surface area contributed by atoms with Crippen molar-refractivity contribution in [2.24, 2.45) is 0 Å².